The van der Waals surface area contributed by atoms with Crippen molar-refractivity contribution in [2.45, 2.75) is 32.5 Å². The number of nitrogens with two attached hydrogens (primary N) is 1. The zero-order valence-corrected chi connectivity index (χ0v) is 10.6. The summed E-state index contributed by atoms with van der Waals surface area (Å²) in [6.07, 6.45) is -4.91. The van der Waals surface area contributed by atoms with Crippen LogP contribution in [-0.4, -0.2) is 11.6 Å². The molecule has 19 heavy (non-hydrogen) atoms. The zero-order valence-electron chi connectivity index (χ0n) is 10.6. The van der Waals surface area contributed by atoms with Crippen LogP contribution in [0.2, 0.25) is 0 Å². The summed E-state index contributed by atoms with van der Waals surface area (Å²) in [5.74, 6) is -2.56. The van der Waals surface area contributed by atoms with Crippen molar-refractivity contribution in [1.29, 1.82) is 0 Å². The molecule has 1 aromatic carbocycles. The number of benzene rings is 1. The van der Waals surface area contributed by atoms with Gasteiger partial charge < -0.3 is 10.5 Å². The van der Waals surface area contributed by atoms with E-state index in [1.54, 1.807) is 20.8 Å². The minimum Gasteiger partial charge on any atom is -0.456 e. The topological polar surface area (TPSA) is 52.3 Å². The Morgan fingerprint density at radius 3 is 2.16 bits per heavy atom. The van der Waals surface area contributed by atoms with E-state index in [0.29, 0.717) is 12.1 Å². The molecule has 3 nitrogen and oxygen atoms in total. The third-order valence-corrected chi connectivity index (χ3v) is 2.06. The van der Waals surface area contributed by atoms with Gasteiger partial charge in [0.15, 0.2) is 0 Å². The van der Waals surface area contributed by atoms with Gasteiger partial charge in [-0.25, -0.2) is 9.18 Å². The number of ether oxygens (including phenoxy) is 1. The highest BCUT2D eigenvalue weighted by Gasteiger charge is 2.36. The van der Waals surface area contributed by atoms with Crippen LogP contribution in [0.4, 0.5) is 23.2 Å². The van der Waals surface area contributed by atoms with Gasteiger partial charge in [-0.15, -0.1) is 0 Å². The van der Waals surface area contributed by atoms with Gasteiger partial charge in [0.1, 0.15) is 11.4 Å². The average molecular weight is 279 g/mol. The molecule has 0 aromatic heterocycles. The number of alkyl halides is 3. The summed E-state index contributed by atoms with van der Waals surface area (Å²) in [5.41, 5.74) is 1.99. The molecule has 7 heteroatoms. The Labute approximate surface area is 107 Å². The zero-order chi connectivity index (χ0) is 15.0. The molecule has 1 aromatic rings. The molecule has 0 atom stereocenters. The molecule has 0 bridgehead atoms. The smallest absolute Gasteiger partial charge is 0.419 e. The monoisotopic (exact) mass is 279 g/mol. The van der Waals surface area contributed by atoms with Gasteiger partial charge in [0, 0.05) is 5.69 Å². The van der Waals surface area contributed by atoms with Gasteiger partial charge in [0.2, 0.25) is 0 Å². The van der Waals surface area contributed by atoms with E-state index < -0.39 is 40.4 Å². The molecule has 0 radical (unpaired) electrons. The molecule has 0 spiro atoms. The van der Waals surface area contributed by atoms with Crippen LogP contribution in [0.1, 0.15) is 36.7 Å². The molecular formula is C12H13F4NO2. The van der Waals surface area contributed by atoms with Gasteiger partial charge in [-0.2, -0.15) is 13.2 Å². The lowest BCUT2D eigenvalue weighted by Gasteiger charge is -2.20. The van der Waals surface area contributed by atoms with Crippen LogP contribution in [-0.2, 0) is 10.9 Å². The fraction of sp³-hybridized carbons (Fsp3) is 0.417. The second-order valence-electron chi connectivity index (χ2n) is 4.92. The Hall–Kier alpha value is -1.79. The number of halogens is 4. The van der Waals surface area contributed by atoms with Crippen molar-refractivity contribution >= 4 is 11.7 Å². The Kier molecular flexibility index (Phi) is 3.79. The number of rotatable bonds is 1. The average Bonchev–Trinajstić information content (AvgIpc) is 2.11. The van der Waals surface area contributed by atoms with E-state index in [0.717, 1.165) is 0 Å². The molecule has 0 saturated heterocycles. The molecule has 0 aliphatic heterocycles. The summed E-state index contributed by atoms with van der Waals surface area (Å²) >= 11 is 0. The van der Waals surface area contributed by atoms with Crippen molar-refractivity contribution in [3.8, 4) is 0 Å². The van der Waals surface area contributed by atoms with Crippen LogP contribution in [0, 0.1) is 5.82 Å². The molecule has 0 aliphatic rings. The number of carbonyl (C=O) groups is 1. The van der Waals surface area contributed by atoms with E-state index in [-0.39, 0.29) is 0 Å². The van der Waals surface area contributed by atoms with E-state index in [2.05, 4.69) is 0 Å². The summed E-state index contributed by atoms with van der Waals surface area (Å²) in [6.45, 7) is 4.65. The molecule has 0 saturated carbocycles. The predicted molar refractivity (Wildman–Crippen MR) is 61.0 cm³/mol. The van der Waals surface area contributed by atoms with Crippen LogP contribution in [0.25, 0.3) is 0 Å². The third-order valence-electron chi connectivity index (χ3n) is 2.06. The van der Waals surface area contributed by atoms with E-state index >= 15 is 0 Å². The number of esters is 1. The minimum absolute atomic E-state index is 0.360. The first kappa shape index (κ1) is 15.3. The summed E-state index contributed by atoms with van der Waals surface area (Å²) in [6, 6.07) is 0.820. The summed E-state index contributed by atoms with van der Waals surface area (Å²) in [4.78, 5) is 11.7. The van der Waals surface area contributed by atoms with Gasteiger partial charge in [0.25, 0.3) is 0 Å². The molecule has 0 heterocycles. The summed E-state index contributed by atoms with van der Waals surface area (Å²) < 4.78 is 55.7. The van der Waals surface area contributed by atoms with Crippen molar-refractivity contribution in [1.82, 2.24) is 0 Å². The van der Waals surface area contributed by atoms with Crippen LogP contribution < -0.4 is 5.73 Å². The van der Waals surface area contributed by atoms with Crippen LogP contribution in [0.15, 0.2) is 12.1 Å². The minimum atomic E-state index is -4.91. The molecule has 106 valence electrons. The molecule has 0 aliphatic carbocycles. The lowest BCUT2D eigenvalue weighted by atomic mass is 10.1. The number of hydrogen-bond acceptors (Lipinski definition) is 3. The van der Waals surface area contributed by atoms with Crippen LogP contribution >= 0.6 is 0 Å². The highest BCUT2D eigenvalue weighted by atomic mass is 19.4. The Morgan fingerprint density at radius 2 is 1.74 bits per heavy atom. The quantitative estimate of drug-likeness (QED) is 0.487. The molecule has 0 unspecified atom stereocenters. The lowest BCUT2D eigenvalue weighted by Crippen LogP contribution is -2.25. The van der Waals surface area contributed by atoms with Gasteiger partial charge >= 0.3 is 12.1 Å². The first-order chi connectivity index (χ1) is 8.42. The second-order valence-corrected chi connectivity index (χ2v) is 4.92. The van der Waals surface area contributed by atoms with Crippen molar-refractivity contribution in [2.24, 2.45) is 0 Å². The number of carbonyl (C=O) groups excluding carboxylic acids is 1. The van der Waals surface area contributed by atoms with Crippen LogP contribution in [0.5, 0.6) is 0 Å². The lowest BCUT2D eigenvalue weighted by molar-refractivity contribution is -0.140. The normalized spacial score (nSPS) is 12.4. The highest BCUT2D eigenvalue weighted by molar-refractivity contribution is 5.95. The van der Waals surface area contributed by atoms with Crippen molar-refractivity contribution in [3.63, 3.8) is 0 Å². The van der Waals surface area contributed by atoms with Gasteiger partial charge in [-0.05, 0) is 32.9 Å². The largest absolute Gasteiger partial charge is 0.456 e. The Morgan fingerprint density at radius 1 is 1.21 bits per heavy atom. The number of anilines is 1. The van der Waals surface area contributed by atoms with Gasteiger partial charge in [0.05, 0.1) is 11.1 Å². The van der Waals surface area contributed by atoms with Crippen molar-refractivity contribution < 1.29 is 27.1 Å². The maximum Gasteiger partial charge on any atom is 0.419 e. The van der Waals surface area contributed by atoms with Gasteiger partial charge in [-0.3, -0.25) is 0 Å². The first-order valence-corrected chi connectivity index (χ1v) is 5.31. The second kappa shape index (κ2) is 4.71. The van der Waals surface area contributed by atoms with E-state index in [4.69, 9.17) is 10.5 Å². The molecule has 0 amide bonds. The molecular weight excluding hydrogens is 266 g/mol. The molecule has 2 N–H and O–H groups in total. The van der Waals surface area contributed by atoms with Crippen molar-refractivity contribution in [3.05, 3.63) is 29.1 Å². The fourth-order valence-electron chi connectivity index (χ4n) is 1.32. The summed E-state index contributed by atoms with van der Waals surface area (Å²) in [7, 11) is 0. The van der Waals surface area contributed by atoms with Crippen molar-refractivity contribution in [2.75, 3.05) is 5.73 Å². The maximum atomic E-state index is 13.2. The van der Waals surface area contributed by atoms with Crippen LogP contribution in [0.3, 0.4) is 0 Å². The summed E-state index contributed by atoms with van der Waals surface area (Å²) in [5, 5.41) is 0. The fourth-order valence-corrected chi connectivity index (χ4v) is 1.32. The van der Waals surface area contributed by atoms with E-state index in [1.165, 1.54) is 0 Å². The third kappa shape index (κ3) is 3.84. The van der Waals surface area contributed by atoms with E-state index in [9.17, 15) is 22.4 Å². The predicted octanol–water partition coefficient (Wildman–Crippen LogP) is 3.38. The molecule has 0 fully saturated rings. The Balaban J connectivity index is 3.26. The standard InChI is InChI=1S/C12H13F4NO2/c1-11(2,3)19-10(18)6-4-7(12(14,15)16)8(13)5-9(6)17/h4-5H,17H2,1-3H3. The highest BCUT2D eigenvalue weighted by Crippen LogP contribution is 2.34. The molecule has 1 rings (SSSR count). The number of hydrogen-bond donors (Lipinski definition) is 1. The van der Waals surface area contributed by atoms with E-state index in [1.807, 2.05) is 0 Å². The first-order valence-electron chi connectivity index (χ1n) is 5.31. The number of nitrogen functional groups attached to an aromatic ring is 1. The van der Waals surface area contributed by atoms with Gasteiger partial charge in [-0.1, -0.05) is 0 Å². The Bertz CT molecular complexity index is 504. The SMILES string of the molecule is CC(C)(C)OC(=O)c1cc(C(F)(F)F)c(F)cc1N. The maximum absolute atomic E-state index is 13.2.